The van der Waals surface area contributed by atoms with E-state index < -0.39 is 5.60 Å². The highest BCUT2D eigenvalue weighted by molar-refractivity contribution is 5.99. The smallest absolute Gasteiger partial charge is 0.256 e. The van der Waals surface area contributed by atoms with E-state index in [-0.39, 0.29) is 17.3 Å². The second-order valence-corrected chi connectivity index (χ2v) is 11.8. The fourth-order valence-electron chi connectivity index (χ4n) is 5.38. The summed E-state index contributed by atoms with van der Waals surface area (Å²) in [5.41, 5.74) is 2.71. The standard InChI is InChI=1S/C32H39N9O3/c1-5-10-33-30(42)24-18-34-31(38-29(24)37-28-8-6-7-27(36-28)32(2,3)43)35-21-16-25(40-14-12-39(4)13-15-40)23-9-11-41(26(23)17-21)22-19-44-20-22/h5-9,11,16-18,22,43H,1,10,12-15,19-20H2,2-4H3,(H,33,42)(H2,34,35,36,37,38). The van der Waals surface area contributed by atoms with Crippen molar-refractivity contribution in [2.45, 2.75) is 25.5 Å². The van der Waals surface area contributed by atoms with Crippen LogP contribution in [0.25, 0.3) is 10.9 Å². The third-order valence-electron chi connectivity index (χ3n) is 7.99. The number of hydrogen-bond donors (Lipinski definition) is 4. The largest absolute Gasteiger partial charge is 0.384 e. The first kappa shape index (κ1) is 29.5. The molecule has 2 aliphatic heterocycles. The first-order chi connectivity index (χ1) is 21.2. The van der Waals surface area contributed by atoms with Gasteiger partial charge in [0.2, 0.25) is 5.95 Å². The second-order valence-electron chi connectivity index (χ2n) is 11.8. The van der Waals surface area contributed by atoms with Crippen LogP contribution in [0.5, 0.6) is 0 Å². The summed E-state index contributed by atoms with van der Waals surface area (Å²) in [4.78, 5) is 31.6. The predicted octanol–water partition coefficient (Wildman–Crippen LogP) is 3.78. The van der Waals surface area contributed by atoms with E-state index in [1.54, 1.807) is 38.1 Å². The number of ether oxygens (including phenoxy) is 1. The fourth-order valence-corrected chi connectivity index (χ4v) is 5.38. The maximum absolute atomic E-state index is 13.0. The Bertz CT molecular complexity index is 1670. The number of likely N-dealkylation sites (N-methyl/N-ethyl adjacent to an activating group) is 1. The van der Waals surface area contributed by atoms with Crippen molar-refractivity contribution in [3.63, 3.8) is 0 Å². The molecule has 5 heterocycles. The molecule has 0 aliphatic carbocycles. The number of rotatable bonds is 10. The average Bonchev–Trinajstić information content (AvgIpc) is 3.38. The quantitative estimate of drug-likeness (QED) is 0.200. The van der Waals surface area contributed by atoms with E-state index in [9.17, 15) is 9.90 Å². The van der Waals surface area contributed by atoms with E-state index in [4.69, 9.17) is 9.72 Å². The van der Waals surface area contributed by atoms with Gasteiger partial charge < -0.3 is 40.2 Å². The molecular formula is C32H39N9O3. The summed E-state index contributed by atoms with van der Waals surface area (Å²) in [7, 11) is 2.15. The highest BCUT2D eigenvalue weighted by Gasteiger charge is 2.25. The van der Waals surface area contributed by atoms with E-state index in [0.29, 0.717) is 43.3 Å². The van der Waals surface area contributed by atoms with Gasteiger partial charge in [-0.05, 0) is 51.2 Å². The van der Waals surface area contributed by atoms with Crippen molar-refractivity contribution >= 4 is 45.8 Å². The van der Waals surface area contributed by atoms with Crippen LogP contribution in [0.2, 0.25) is 0 Å². The van der Waals surface area contributed by atoms with Crippen molar-refractivity contribution in [2.75, 3.05) is 68.5 Å². The number of carbonyl (C=O) groups excluding carboxylic acids is 1. The molecule has 2 aliphatic rings. The highest BCUT2D eigenvalue weighted by Crippen LogP contribution is 2.36. The molecule has 6 rings (SSSR count). The molecule has 230 valence electrons. The van der Waals surface area contributed by atoms with Gasteiger partial charge in [-0.15, -0.1) is 6.58 Å². The van der Waals surface area contributed by atoms with Crippen LogP contribution in [0.4, 0.5) is 29.0 Å². The summed E-state index contributed by atoms with van der Waals surface area (Å²) in [5.74, 6) is 0.684. The van der Waals surface area contributed by atoms with E-state index in [0.717, 1.165) is 43.1 Å². The van der Waals surface area contributed by atoms with Gasteiger partial charge in [0.05, 0.1) is 30.5 Å². The Morgan fingerprint density at radius 1 is 1.14 bits per heavy atom. The maximum Gasteiger partial charge on any atom is 0.256 e. The third kappa shape index (κ3) is 6.23. The summed E-state index contributed by atoms with van der Waals surface area (Å²) in [5, 5.41) is 21.0. The van der Waals surface area contributed by atoms with E-state index in [2.05, 4.69) is 78.3 Å². The Kier molecular flexibility index (Phi) is 8.21. The summed E-state index contributed by atoms with van der Waals surface area (Å²) in [6, 6.07) is 12.0. The summed E-state index contributed by atoms with van der Waals surface area (Å²) in [6.07, 6.45) is 5.24. The molecule has 44 heavy (non-hydrogen) atoms. The lowest BCUT2D eigenvalue weighted by atomic mass is 10.1. The van der Waals surface area contributed by atoms with Crippen LogP contribution < -0.4 is 20.9 Å². The summed E-state index contributed by atoms with van der Waals surface area (Å²) >= 11 is 0. The van der Waals surface area contributed by atoms with E-state index >= 15 is 0 Å². The zero-order valence-corrected chi connectivity index (χ0v) is 25.4. The highest BCUT2D eigenvalue weighted by atomic mass is 16.5. The number of hydrogen-bond acceptors (Lipinski definition) is 10. The molecule has 0 spiro atoms. The molecule has 0 bridgehead atoms. The summed E-state index contributed by atoms with van der Waals surface area (Å²) < 4.78 is 7.78. The first-order valence-electron chi connectivity index (χ1n) is 14.9. The van der Waals surface area contributed by atoms with Crippen LogP contribution in [0, 0.1) is 0 Å². The molecule has 1 aromatic carbocycles. The summed E-state index contributed by atoms with van der Waals surface area (Å²) in [6.45, 7) is 12.6. The number of amides is 1. The van der Waals surface area contributed by atoms with Gasteiger partial charge in [-0.25, -0.2) is 9.97 Å². The van der Waals surface area contributed by atoms with Crippen molar-refractivity contribution in [1.29, 1.82) is 0 Å². The molecule has 2 saturated heterocycles. The van der Waals surface area contributed by atoms with Crippen LogP contribution in [-0.2, 0) is 10.3 Å². The Morgan fingerprint density at radius 3 is 2.64 bits per heavy atom. The van der Waals surface area contributed by atoms with Crippen molar-refractivity contribution < 1.29 is 14.6 Å². The molecular weight excluding hydrogens is 558 g/mol. The second kappa shape index (κ2) is 12.2. The van der Waals surface area contributed by atoms with Gasteiger partial charge in [-0.1, -0.05) is 12.1 Å². The lowest BCUT2D eigenvalue weighted by molar-refractivity contribution is -0.0213. The number of anilines is 5. The van der Waals surface area contributed by atoms with E-state index in [1.165, 1.54) is 11.6 Å². The predicted molar refractivity (Wildman–Crippen MR) is 172 cm³/mol. The van der Waals surface area contributed by atoms with Gasteiger partial charge in [-0.2, -0.15) is 4.98 Å². The van der Waals surface area contributed by atoms with Crippen LogP contribution in [0.1, 0.15) is 35.9 Å². The van der Waals surface area contributed by atoms with Crippen molar-refractivity contribution in [1.82, 2.24) is 29.7 Å². The number of aliphatic hydroxyl groups is 1. The molecule has 4 N–H and O–H groups in total. The average molecular weight is 598 g/mol. The molecule has 3 aromatic heterocycles. The minimum absolute atomic E-state index is 0.250. The topological polar surface area (TPSA) is 133 Å². The van der Waals surface area contributed by atoms with Gasteiger partial charge in [0, 0.05) is 61.9 Å². The van der Waals surface area contributed by atoms with E-state index in [1.807, 2.05) is 0 Å². The van der Waals surface area contributed by atoms with Crippen LogP contribution in [0.15, 0.2) is 61.4 Å². The normalized spacial score (nSPS) is 16.0. The lowest BCUT2D eigenvalue weighted by Gasteiger charge is -2.35. The monoisotopic (exact) mass is 597 g/mol. The molecule has 0 saturated carbocycles. The van der Waals surface area contributed by atoms with Gasteiger partial charge in [0.15, 0.2) is 0 Å². The van der Waals surface area contributed by atoms with Gasteiger partial charge in [0.25, 0.3) is 5.91 Å². The number of aromatic nitrogens is 4. The molecule has 0 radical (unpaired) electrons. The molecule has 12 heteroatoms. The van der Waals surface area contributed by atoms with Gasteiger partial charge in [0.1, 0.15) is 22.8 Å². The van der Waals surface area contributed by atoms with Crippen molar-refractivity contribution in [3.8, 4) is 0 Å². The minimum atomic E-state index is -1.14. The molecule has 12 nitrogen and oxygen atoms in total. The third-order valence-corrected chi connectivity index (χ3v) is 7.99. The Morgan fingerprint density at radius 2 is 1.93 bits per heavy atom. The molecule has 0 unspecified atom stereocenters. The number of carbonyl (C=O) groups is 1. The number of nitrogens with zero attached hydrogens (tertiary/aromatic N) is 6. The lowest BCUT2D eigenvalue weighted by Crippen LogP contribution is -2.44. The molecule has 1 amide bonds. The zero-order chi connectivity index (χ0) is 30.8. The molecule has 4 aromatic rings. The number of piperazine rings is 1. The van der Waals surface area contributed by atoms with Crippen LogP contribution >= 0.6 is 0 Å². The number of pyridine rings is 1. The Labute approximate surface area is 256 Å². The van der Waals surface area contributed by atoms with Crippen molar-refractivity contribution in [2.24, 2.45) is 0 Å². The number of fused-ring (bicyclic) bond motifs is 1. The minimum Gasteiger partial charge on any atom is -0.384 e. The van der Waals surface area contributed by atoms with Crippen molar-refractivity contribution in [3.05, 3.63) is 72.7 Å². The Hall–Kier alpha value is -4.52. The van der Waals surface area contributed by atoms with Gasteiger partial charge in [-0.3, -0.25) is 4.79 Å². The SMILES string of the molecule is C=CCNC(=O)c1cnc(Nc2cc(N3CCN(C)CC3)c3ccn(C4COC4)c3c2)nc1Nc1cccc(C(C)(C)O)n1. The maximum atomic E-state index is 13.0. The van der Waals surface area contributed by atoms with Crippen LogP contribution in [0.3, 0.4) is 0 Å². The van der Waals surface area contributed by atoms with Crippen LogP contribution in [-0.4, -0.2) is 88.4 Å². The number of nitrogens with one attached hydrogen (secondary N) is 3. The molecule has 2 fully saturated rings. The van der Waals surface area contributed by atoms with Gasteiger partial charge >= 0.3 is 0 Å². The number of benzene rings is 1. The zero-order valence-electron chi connectivity index (χ0n) is 25.4. The fraction of sp³-hybridized carbons (Fsp3) is 0.375. The first-order valence-corrected chi connectivity index (χ1v) is 14.9. The Balaban J connectivity index is 1.36. The molecule has 0 atom stereocenters.